The van der Waals surface area contributed by atoms with Crippen LogP contribution < -0.4 is 9.80 Å². The predicted octanol–water partition coefficient (Wildman–Crippen LogP) is 22.1. The normalized spacial score (nSPS) is 14.5. The first-order valence-electron chi connectivity index (χ1n) is 30.1. The van der Waals surface area contributed by atoms with E-state index in [4.69, 9.17) is 0 Å². The fourth-order valence-electron chi connectivity index (χ4n) is 16.0. The van der Waals surface area contributed by atoms with Crippen LogP contribution in [0.2, 0.25) is 0 Å². The Kier molecular flexibility index (Phi) is 9.77. The molecule has 0 aliphatic heterocycles. The second-order valence-electron chi connectivity index (χ2n) is 27.3. The van der Waals surface area contributed by atoms with Crippen LogP contribution in [0.5, 0.6) is 0 Å². The third-order valence-electron chi connectivity index (χ3n) is 19.8. The summed E-state index contributed by atoms with van der Waals surface area (Å²) in [6.07, 6.45) is 0. The minimum Gasteiger partial charge on any atom is -0.309 e. The van der Waals surface area contributed by atoms with Gasteiger partial charge in [-0.1, -0.05) is 227 Å². The quantitative estimate of drug-likeness (QED) is 0.165. The van der Waals surface area contributed by atoms with Crippen LogP contribution in [0.4, 0.5) is 34.1 Å². The second kappa shape index (κ2) is 16.7. The molecule has 2 aliphatic carbocycles. The molecule has 0 unspecified atom stereocenters. The predicted molar refractivity (Wildman–Crippen MR) is 358 cm³/mol. The maximum atomic E-state index is 2.67. The standard InChI is InChI=1S/C80H66N4/c1-77(2,3)61-37-21-31-53-71-65(81(47-25-13-11-14-26-47)63-39-23-35-59-69(63)51-29-17-19-33-57(51)79(59,7)8)43-41-49-55-46-68-56(45-67(55)83(73(53)61)75(49)71)50-42-44-66(72-54-32-22-38-62(78(4,5)6)74(54)84(68)76(50)72)82(48-27-15-12-16-28-48)64-40-24-36-60-70(64)52-30-18-20-34-58(52)80(60,9)10/h11-46H,1-10H3. The van der Waals surface area contributed by atoms with Crippen LogP contribution in [-0.4, -0.2) is 8.80 Å². The van der Waals surface area contributed by atoms with Crippen LogP contribution in [-0.2, 0) is 21.7 Å². The van der Waals surface area contributed by atoms with Crippen molar-refractivity contribution in [1.29, 1.82) is 0 Å². The van der Waals surface area contributed by atoms with E-state index in [1.54, 1.807) is 0 Å². The number of nitrogens with zero attached hydrogens (tertiary/aromatic N) is 4. The number of aromatic nitrogens is 2. The monoisotopic (exact) mass is 1080 g/mol. The van der Waals surface area contributed by atoms with Crippen molar-refractivity contribution in [2.75, 3.05) is 9.80 Å². The summed E-state index contributed by atoms with van der Waals surface area (Å²) in [5, 5.41) is 10.1. The fraction of sp³-hybridized carbons (Fsp3) is 0.175. The van der Waals surface area contributed by atoms with Crippen molar-refractivity contribution < 1.29 is 0 Å². The molecule has 0 saturated carbocycles. The van der Waals surface area contributed by atoms with Gasteiger partial charge in [-0.25, -0.2) is 0 Å². The van der Waals surface area contributed by atoms with Crippen LogP contribution in [0.3, 0.4) is 0 Å². The third-order valence-corrected chi connectivity index (χ3v) is 19.8. The molecule has 84 heavy (non-hydrogen) atoms. The van der Waals surface area contributed by atoms with Crippen LogP contribution in [0, 0.1) is 0 Å². The Morgan fingerprint density at radius 2 is 0.679 bits per heavy atom. The van der Waals surface area contributed by atoms with E-state index in [1.165, 1.54) is 155 Å². The minimum absolute atomic E-state index is 0.147. The molecule has 4 heteroatoms. The highest BCUT2D eigenvalue weighted by molar-refractivity contribution is 6.33. The molecular weight excluding hydrogens is 1020 g/mol. The van der Waals surface area contributed by atoms with Gasteiger partial charge in [0.2, 0.25) is 0 Å². The Morgan fingerprint density at radius 1 is 0.310 bits per heavy atom. The van der Waals surface area contributed by atoms with E-state index in [9.17, 15) is 0 Å². The van der Waals surface area contributed by atoms with Gasteiger partial charge >= 0.3 is 0 Å². The maximum absolute atomic E-state index is 2.67. The van der Waals surface area contributed by atoms with Crippen molar-refractivity contribution in [3.8, 4) is 22.3 Å². The molecule has 11 aromatic carbocycles. The number of anilines is 6. The lowest BCUT2D eigenvalue weighted by Crippen LogP contribution is -2.16. The number of fused-ring (bicyclic) bond motifs is 18. The summed E-state index contributed by atoms with van der Waals surface area (Å²) in [4.78, 5) is 5.14. The first kappa shape index (κ1) is 49.2. The summed E-state index contributed by atoms with van der Waals surface area (Å²) < 4.78 is 5.34. The van der Waals surface area contributed by atoms with Gasteiger partial charge in [0.15, 0.2) is 0 Å². The van der Waals surface area contributed by atoms with Crippen molar-refractivity contribution in [2.45, 2.75) is 90.9 Å². The topological polar surface area (TPSA) is 15.3 Å². The fourth-order valence-corrected chi connectivity index (χ4v) is 16.0. The van der Waals surface area contributed by atoms with E-state index in [0.717, 1.165) is 11.4 Å². The Hall–Kier alpha value is -9.38. The van der Waals surface area contributed by atoms with Gasteiger partial charge in [-0.3, -0.25) is 0 Å². The molecule has 4 heterocycles. The van der Waals surface area contributed by atoms with Crippen molar-refractivity contribution in [1.82, 2.24) is 8.80 Å². The molecule has 0 N–H and O–H groups in total. The van der Waals surface area contributed by atoms with E-state index in [2.05, 4.69) is 306 Å². The van der Waals surface area contributed by atoms with Gasteiger partial charge in [-0.15, -0.1) is 0 Å². The average molecular weight is 1080 g/mol. The summed E-state index contributed by atoms with van der Waals surface area (Å²) in [7, 11) is 0. The first-order chi connectivity index (χ1) is 40.5. The van der Waals surface area contributed by atoms with Gasteiger partial charge in [-0.2, -0.15) is 0 Å². The number of hydrogen-bond donors (Lipinski definition) is 0. The van der Waals surface area contributed by atoms with Gasteiger partial charge in [0.05, 0.1) is 55.8 Å². The van der Waals surface area contributed by atoms with Crippen molar-refractivity contribution in [3.63, 3.8) is 0 Å². The highest BCUT2D eigenvalue weighted by atomic mass is 15.2. The summed E-state index contributed by atoms with van der Waals surface area (Å²) in [6.45, 7) is 23.8. The molecule has 0 spiro atoms. The van der Waals surface area contributed by atoms with Gasteiger partial charge in [0, 0.05) is 76.4 Å². The number of rotatable bonds is 6. The lowest BCUT2D eigenvalue weighted by Gasteiger charge is -2.29. The number of hydrogen-bond acceptors (Lipinski definition) is 2. The van der Waals surface area contributed by atoms with Gasteiger partial charge in [0.1, 0.15) is 0 Å². The molecule has 2 aliphatic rings. The molecule has 4 nitrogen and oxygen atoms in total. The Bertz CT molecular complexity index is 4940. The van der Waals surface area contributed by atoms with Crippen LogP contribution in [0.1, 0.15) is 103 Å². The molecule has 15 aromatic rings. The lowest BCUT2D eigenvalue weighted by molar-refractivity contribution is 0.594. The zero-order valence-electron chi connectivity index (χ0n) is 49.6. The summed E-state index contributed by atoms with van der Waals surface area (Å²) in [5.74, 6) is 0. The molecule has 0 fully saturated rings. The zero-order valence-corrected chi connectivity index (χ0v) is 49.6. The summed E-state index contributed by atoms with van der Waals surface area (Å²) in [5.41, 5.74) is 27.3. The van der Waals surface area contributed by atoms with Crippen molar-refractivity contribution >= 4 is 110 Å². The van der Waals surface area contributed by atoms with E-state index < -0.39 is 0 Å². The highest BCUT2D eigenvalue weighted by Gasteiger charge is 2.41. The van der Waals surface area contributed by atoms with Gasteiger partial charge in [-0.05, 0) is 116 Å². The van der Waals surface area contributed by atoms with Crippen LogP contribution >= 0.6 is 0 Å². The molecule has 406 valence electrons. The maximum Gasteiger partial charge on any atom is 0.0641 e. The molecule has 0 amide bonds. The Labute approximate surface area is 491 Å². The molecular formula is C80H66N4. The van der Waals surface area contributed by atoms with E-state index >= 15 is 0 Å². The van der Waals surface area contributed by atoms with E-state index in [1.807, 2.05) is 0 Å². The smallest absolute Gasteiger partial charge is 0.0641 e. The van der Waals surface area contributed by atoms with Gasteiger partial charge < -0.3 is 18.6 Å². The lowest BCUT2D eigenvalue weighted by atomic mass is 9.82. The van der Waals surface area contributed by atoms with Crippen molar-refractivity contribution in [2.24, 2.45) is 0 Å². The molecule has 4 aromatic heterocycles. The molecule has 0 saturated heterocycles. The number of benzene rings is 11. The molecule has 0 atom stereocenters. The SMILES string of the molecule is CC(C)(C)c1cccc2c3c(N(c4ccccc4)c4cccc5c4-c4ccccc4C5(C)C)ccc4c5cc6c(cc5n(c12)c43)c1ccc(N(c2ccccc2)c2cccc3c2-c2ccccc2C3(C)C)c2c3cccc(C(C)(C)C)c3n6c12. The summed E-state index contributed by atoms with van der Waals surface area (Å²) in [6, 6.07) is 83.3. The van der Waals surface area contributed by atoms with E-state index in [-0.39, 0.29) is 21.7 Å². The van der Waals surface area contributed by atoms with Crippen molar-refractivity contribution in [3.05, 3.63) is 252 Å². The van der Waals surface area contributed by atoms with E-state index in [0.29, 0.717) is 0 Å². The molecule has 0 radical (unpaired) electrons. The number of para-hydroxylation sites is 4. The first-order valence-corrected chi connectivity index (χ1v) is 30.1. The van der Waals surface area contributed by atoms with Gasteiger partial charge in [0.25, 0.3) is 0 Å². The minimum atomic E-state index is -0.149. The Balaban J connectivity index is 0.994. The van der Waals surface area contributed by atoms with Crippen LogP contribution in [0.25, 0.3) is 98.4 Å². The highest BCUT2D eigenvalue weighted by Crippen LogP contribution is 2.59. The largest absolute Gasteiger partial charge is 0.309 e. The molecule has 0 bridgehead atoms. The summed E-state index contributed by atoms with van der Waals surface area (Å²) >= 11 is 0. The molecule has 17 rings (SSSR count). The average Bonchev–Trinajstić information content (AvgIpc) is 1.53. The third kappa shape index (κ3) is 6.33. The zero-order chi connectivity index (χ0) is 57.1. The second-order valence-corrected chi connectivity index (χ2v) is 27.3. The Morgan fingerprint density at radius 3 is 1.08 bits per heavy atom. The van der Waals surface area contributed by atoms with Crippen LogP contribution in [0.15, 0.2) is 218 Å².